The maximum Gasteiger partial charge on any atom is 0.160 e. The van der Waals surface area contributed by atoms with E-state index in [2.05, 4.69) is 21.2 Å². The van der Waals surface area contributed by atoms with Crippen LogP contribution >= 0.6 is 28.3 Å². The third kappa shape index (κ3) is 7.13. The largest absolute Gasteiger partial charge is 0.493 e. The van der Waals surface area contributed by atoms with Gasteiger partial charge in [-0.2, -0.15) is 0 Å². The minimum atomic E-state index is -0.260. The molecule has 31 heavy (non-hydrogen) atoms. The highest BCUT2D eigenvalue weighted by molar-refractivity contribution is 9.10. The van der Waals surface area contributed by atoms with Crippen molar-refractivity contribution in [1.82, 2.24) is 5.32 Å². The molecule has 0 fully saturated rings. The summed E-state index contributed by atoms with van der Waals surface area (Å²) in [6.45, 7) is 1.61. The number of benzene rings is 3. The van der Waals surface area contributed by atoms with Crippen LogP contribution in [0.3, 0.4) is 0 Å². The number of halogens is 3. The molecule has 0 unspecified atom stereocenters. The van der Waals surface area contributed by atoms with Crippen LogP contribution in [-0.4, -0.2) is 20.8 Å². The van der Waals surface area contributed by atoms with Gasteiger partial charge < -0.3 is 19.5 Å². The molecule has 0 aliphatic carbocycles. The number of hydrogen-bond acceptors (Lipinski definition) is 4. The Morgan fingerprint density at radius 2 is 1.61 bits per heavy atom. The molecule has 0 heterocycles. The topological polar surface area (TPSA) is 39.7 Å². The fourth-order valence-corrected chi connectivity index (χ4v) is 3.50. The maximum atomic E-state index is 13.9. The molecule has 3 rings (SSSR count). The highest BCUT2D eigenvalue weighted by Gasteiger charge is 2.08. The first-order valence-corrected chi connectivity index (χ1v) is 10.5. The van der Waals surface area contributed by atoms with E-state index < -0.39 is 0 Å². The van der Waals surface area contributed by atoms with Crippen molar-refractivity contribution in [2.45, 2.75) is 19.6 Å². The first-order valence-electron chi connectivity index (χ1n) is 9.67. The number of hydrogen-bond donors (Lipinski definition) is 1. The van der Waals surface area contributed by atoms with Gasteiger partial charge in [-0.1, -0.05) is 40.2 Å². The van der Waals surface area contributed by atoms with Gasteiger partial charge in [-0.3, -0.25) is 0 Å². The van der Waals surface area contributed by atoms with Gasteiger partial charge in [0.15, 0.2) is 11.5 Å². The average molecular weight is 511 g/mol. The van der Waals surface area contributed by atoms with Crippen molar-refractivity contribution in [3.63, 3.8) is 0 Å². The predicted octanol–water partition coefficient (Wildman–Crippen LogP) is 5.94. The zero-order valence-electron chi connectivity index (χ0n) is 17.5. The summed E-state index contributed by atoms with van der Waals surface area (Å²) in [7, 11) is 3.26. The highest BCUT2D eigenvalue weighted by atomic mass is 79.9. The molecule has 0 aliphatic rings. The average Bonchev–Trinajstić information content (AvgIpc) is 2.77. The Morgan fingerprint density at radius 1 is 0.871 bits per heavy atom. The van der Waals surface area contributed by atoms with Crippen LogP contribution in [0.1, 0.15) is 16.7 Å². The SMILES string of the molecule is COc1ccc(CCNCc2cc(Br)ccc2OCc2ccccc2F)cc1OC.Cl. The lowest BCUT2D eigenvalue weighted by Gasteiger charge is -2.14. The van der Waals surface area contributed by atoms with Crippen molar-refractivity contribution < 1.29 is 18.6 Å². The smallest absolute Gasteiger partial charge is 0.160 e. The van der Waals surface area contributed by atoms with Crippen LogP contribution < -0.4 is 19.5 Å². The lowest BCUT2D eigenvalue weighted by atomic mass is 10.1. The monoisotopic (exact) mass is 509 g/mol. The van der Waals surface area contributed by atoms with Gasteiger partial charge in [0, 0.05) is 22.1 Å². The molecule has 3 aromatic carbocycles. The molecule has 1 N–H and O–H groups in total. The van der Waals surface area contributed by atoms with Gasteiger partial charge in [-0.05, 0) is 54.9 Å². The van der Waals surface area contributed by atoms with Gasteiger partial charge in [0.25, 0.3) is 0 Å². The van der Waals surface area contributed by atoms with Gasteiger partial charge in [-0.15, -0.1) is 12.4 Å². The van der Waals surface area contributed by atoms with Crippen molar-refractivity contribution in [2.24, 2.45) is 0 Å². The van der Waals surface area contributed by atoms with Crippen molar-refractivity contribution in [3.05, 3.63) is 87.6 Å². The lowest BCUT2D eigenvalue weighted by Crippen LogP contribution is -2.17. The van der Waals surface area contributed by atoms with E-state index in [-0.39, 0.29) is 24.8 Å². The fraction of sp³-hybridized carbons (Fsp3) is 0.250. The molecule has 0 amide bonds. The number of ether oxygens (including phenoxy) is 3. The molecular formula is C24H26BrClFNO3. The molecule has 0 bridgehead atoms. The van der Waals surface area contributed by atoms with E-state index in [1.807, 2.05) is 36.4 Å². The van der Waals surface area contributed by atoms with Crippen molar-refractivity contribution >= 4 is 28.3 Å². The molecule has 0 saturated carbocycles. The standard InChI is InChI=1S/C24H25BrFNO3.ClH/c1-28-23-9-7-17(13-24(23)29-2)11-12-27-15-19-14-20(25)8-10-22(19)30-16-18-5-3-4-6-21(18)26;/h3-10,13-14,27H,11-12,15-16H2,1-2H3;1H. The molecule has 0 spiro atoms. The summed E-state index contributed by atoms with van der Waals surface area (Å²) in [4.78, 5) is 0. The first kappa shape index (κ1) is 25.0. The van der Waals surface area contributed by atoms with Crippen LogP contribution in [-0.2, 0) is 19.6 Å². The minimum absolute atomic E-state index is 0. The van der Waals surface area contributed by atoms with E-state index in [4.69, 9.17) is 14.2 Å². The third-order valence-corrected chi connectivity index (χ3v) is 5.21. The van der Waals surface area contributed by atoms with Crippen LogP contribution in [0.15, 0.2) is 65.1 Å². The van der Waals surface area contributed by atoms with E-state index in [0.29, 0.717) is 12.1 Å². The lowest BCUT2D eigenvalue weighted by molar-refractivity contribution is 0.296. The van der Waals surface area contributed by atoms with Crippen molar-refractivity contribution in [1.29, 1.82) is 0 Å². The Hall–Kier alpha value is -2.28. The molecule has 0 saturated heterocycles. The van der Waals surface area contributed by atoms with E-state index in [0.717, 1.165) is 45.8 Å². The summed E-state index contributed by atoms with van der Waals surface area (Å²) >= 11 is 3.51. The van der Waals surface area contributed by atoms with Crippen LogP contribution in [0.25, 0.3) is 0 Å². The van der Waals surface area contributed by atoms with Gasteiger partial charge in [0.1, 0.15) is 18.2 Å². The Balaban J connectivity index is 0.00000341. The van der Waals surface area contributed by atoms with E-state index in [9.17, 15) is 4.39 Å². The third-order valence-electron chi connectivity index (χ3n) is 4.72. The summed E-state index contributed by atoms with van der Waals surface area (Å²) in [5.41, 5.74) is 2.70. The second kappa shape index (κ2) is 12.5. The Bertz CT molecular complexity index is 987. The second-order valence-corrected chi connectivity index (χ2v) is 7.66. The molecule has 0 atom stereocenters. The van der Waals surface area contributed by atoms with Crippen LogP contribution in [0.2, 0.25) is 0 Å². The summed E-state index contributed by atoms with van der Waals surface area (Å²) in [5.74, 6) is 1.93. The Kier molecular flexibility index (Phi) is 10.1. The van der Waals surface area contributed by atoms with Crippen molar-refractivity contribution in [3.8, 4) is 17.2 Å². The Morgan fingerprint density at radius 3 is 2.35 bits per heavy atom. The van der Waals surface area contributed by atoms with E-state index in [1.54, 1.807) is 32.4 Å². The predicted molar refractivity (Wildman–Crippen MR) is 127 cm³/mol. The molecular weight excluding hydrogens is 485 g/mol. The van der Waals surface area contributed by atoms with Gasteiger partial charge in [-0.25, -0.2) is 4.39 Å². The zero-order valence-corrected chi connectivity index (χ0v) is 19.9. The van der Waals surface area contributed by atoms with Gasteiger partial charge in [0.2, 0.25) is 0 Å². The number of nitrogens with one attached hydrogen (secondary N) is 1. The minimum Gasteiger partial charge on any atom is -0.493 e. The van der Waals surface area contributed by atoms with Crippen LogP contribution in [0.4, 0.5) is 4.39 Å². The zero-order chi connectivity index (χ0) is 21.3. The number of rotatable bonds is 10. The summed E-state index contributed by atoms with van der Waals surface area (Å²) in [5, 5.41) is 3.45. The fourth-order valence-electron chi connectivity index (χ4n) is 3.09. The highest BCUT2D eigenvalue weighted by Crippen LogP contribution is 2.28. The molecule has 0 aliphatic heterocycles. The normalized spacial score (nSPS) is 10.3. The van der Waals surface area contributed by atoms with Gasteiger partial charge >= 0.3 is 0 Å². The molecule has 3 aromatic rings. The summed E-state index contributed by atoms with van der Waals surface area (Å²) in [6, 6.07) is 18.4. The van der Waals surface area contributed by atoms with Gasteiger partial charge in [0.05, 0.1) is 14.2 Å². The molecule has 4 nitrogen and oxygen atoms in total. The maximum absolute atomic E-state index is 13.9. The molecule has 0 aromatic heterocycles. The quantitative estimate of drug-likeness (QED) is 0.343. The van der Waals surface area contributed by atoms with E-state index >= 15 is 0 Å². The summed E-state index contributed by atoms with van der Waals surface area (Å²) in [6.07, 6.45) is 0.847. The molecule has 0 radical (unpaired) electrons. The van der Waals surface area contributed by atoms with Crippen LogP contribution in [0, 0.1) is 5.82 Å². The molecule has 7 heteroatoms. The summed E-state index contributed by atoms with van der Waals surface area (Å²) < 4.78 is 31.4. The van der Waals surface area contributed by atoms with Crippen molar-refractivity contribution in [2.75, 3.05) is 20.8 Å². The number of methoxy groups -OCH3 is 2. The van der Waals surface area contributed by atoms with E-state index in [1.165, 1.54) is 6.07 Å². The van der Waals surface area contributed by atoms with Crippen LogP contribution in [0.5, 0.6) is 17.2 Å². The Labute approximate surface area is 197 Å². The first-order chi connectivity index (χ1) is 14.6. The molecule has 166 valence electrons. The second-order valence-electron chi connectivity index (χ2n) is 6.75.